The number of carbonyl (C=O) groups is 1. The van der Waals surface area contributed by atoms with Gasteiger partial charge < -0.3 is 16.4 Å². The number of benzene rings is 2. The van der Waals surface area contributed by atoms with Crippen LogP contribution in [0.1, 0.15) is 53.7 Å². The Kier molecular flexibility index (Phi) is 5.26. The molecule has 4 nitrogen and oxygen atoms in total. The molecule has 1 amide bonds. The summed E-state index contributed by atoms with van der Waals surface area (Å²) in [5.41, 5.74) is 16.9. The molecule has 0 unspecified atom stereocenters. The Bertz CT molecular complexity index is 883. The normalized spacial score (nSPS) is 26.2. The molecule has 4 N–H and O–H groups in total. The van der Waals surface area contributed by atoms with E-state index in [0.29, 0.717) is 11.5 Å². The second kappa shape index (κ2) is 7.58. The van der Waals surface area contributed by atoms with Gasteiger partial charge in [-0.2, -0.15) is 0 Å². The van der Waals surface area contributed by atoms with Gasteiger partial charge in [-0.05, 0) is 78.9 Å². The van der Waals surface area contributed by atoms with Crippen LogP contribution in [0.5, 0.6) is 0 Å². The summed E-state index contributed by atoms with van der Waals surface area (Å²) >= 11 is 0. The molecule has 0 bridgehead atoms. The fourth-order valence-corrected chi connectivity index (χ4v) is 5.26. The molecule has 154 valence electrons. The Balaban J connectivity index is 1.38. The zero-order valence-corrected chi connectivity index (χ0v) is 17.7. The number of nitrogens with two attached hydrogens (primary N) is 2. The number of fused-ring (bicyclic) bond motifs is 1. The van der Waals surface area contributed by atoms with Gasteiger partial charge in [0.05, 0.1) is 0 Å². The number of hydrogen-bond acceptors (Lipinski definition) is 3. The number of primary amides is 1. The summed E-state index contributed by atoms with van der Waals surface area (Å²) in [6.07, 6.45) is 4.09. The van der Waals surface area contributed by atoms with E-state index in [1.54, 1.807) is 6.07 Å². The van der Waals surface area contributed by atoms with Crippen molar-refractivity contribution in [3.05, 3.63) is 70.8 Å². The first-order valence-electron chi connectivity index (χ1n) is 10.8. The first kappa shape index (κ1) is 20.1. The largest absolute Gasteiger partial charge is 0.366 e. The van der Waals surface area contributed by atoms with Gasteiger partial charge in [-0.15, -0.1) is 0 Å². The van der Waals surface area contributed by atoms with Gasteiger partial charge in [-0.25, -0.2) is 0 Å². The van der Waals surface area contributed by atoms with Crippen molar-refractivity contribution in [3.8, 4) is 0 Å². The summed E-state index contributed by atoms with van der Waals surface area (Å²) in [5, 5.41) is 0. The van der Waals surface area contributed by atoms with Crippen molar-refractivity contribution in [1.82, 2.24) is 4.90 Å². The molecule has 1 fully saturated rings. The van der Waals surface area contributed by atoms with Crippen molar-refractivity contribution in [2.45, 2.75) is 50.5 Å². The highest BCUT2D eigenvalue weighted by atomic mass is 16.1. The minimum Gasteiger partial charge on any atom is -0.366 e. The second-order valence-electron chi connectivity index (χ2n) is 9.55. The van der Waals surface area contributed by atoms with Crippen LogP contribution in [0.3, 0.4) is 0 Å². The standard InChI is InChI=1S/C25H33N3O/c1-18-17-28(13-11-25(27)15-20-6-3-4-7-21(20)16-25)12-10-24(18,2)22-9-5-8-19(14-22)23(26)29/h3-9,14,18H,10-13,15-17,27H2,1-2H3,(H2,26,29)/t18-,24+/m1/s1. The molecule has 2 aromatic rings. The number of likely N-dealkylation sites (tertiary alicyclic amines) is 1. The van der Waals surface area contributed by atoms with Crippen LogP contribution < -0.4 is 11.5 Å². The number of hydrogen-bond donors (Lipinski definition) is 2. The lowest BCUT2D eigenvalue weighted by atomic mass is 9.67. The average molecular weight is 392 g/mol. The lowest BCUT2D eigenvalue weighted by Gasteiger charge is -2.45. The third kappa shape index (κ3) is 3.96. The van der Waals surface area contributed by atoms with Crippen LogP contribution >= 0.6 is 0 Å². The van der Waals surface area contributed by atoms with Crippen molar-refractivity contribution in [2.75, 3.05) is 19.6 Å². The maximum Gasteiger partial charge on any atom is 0.248 e. The third-order valence-electron chi connectivity index (χ3n) is 7.50. The van der Waals surface area contributed by atoms with Gasteiger partial charge in [0.25, 0.3) is 0 Å². The maximum atomic E-state index is 11.6. The smallest absolute Gasteiger partial charge is 0.248 e. The lowest BCUT2D eigenvalue weighted by molar-refractivity contribution is 0.0995. The molecule has 4 rings (SSSR count). The monoisotopic (exact) mass is 391 g/mol. The zero-order valence-electron chi connectivity index (χ0n) is 17.7. The number of carbonyl (C=O) groups excluding carboxylic acids is 1. The topological polar surface area (TPSA) is 72.3 Å². The molecule has 2 aliphatic rings. The highest BCUT2D eigenvalue weighted by molar-refractivity contribution is 5.92. The summed E-state index contributed by atoms with van der Waals surface area (Å²) in [6.45, 7) is 7.82. The van der Waals surface area contributed by atoms with Crippen molar-refractivity contribution >= 4 is 5.91 Å². The fourth-order valence-electron chi connectivity index (χ4n) is 5.26. The van der Waals surface area contributed by atoms with Gasteiger partial charge in [-0.3, -0.25) is 4.79 Å². The molecular formula is C25H33N3O. The van der Waals surface area contributed by atoms with E-state index in [2.05, 4.69) is 49.1 Å². The van der Waals surface area contributed by atoms with E-state index in [1.807, 2.05) is 12.1 Å². The van der Waals surface area contributed by atoms with Crippen LogP contribution in [0.4, 0.5) is 0 Å². The predicted molar refractivity (Wildman–Crippen MR) is 118 cm³/mol. The van der Waals surface area contributed by atoms with E-state index < -0.39 is 0 Å². The minimum absolute atomic E-state index is 0.0615. The Hall–Kier alpha value is -2.17. The van der Waals surface area contributed by atoms with Gasteiger partial charge >= 0.3 is 0 Å². The molecule has 2 aromatic carbocycles. The number of amides is 1. The summed E-state index contributed by atoms with van der Waals surface area (Å²) in [6, 6.07) is 16.6. The zero-order chi connectivity index (χ0) is 20.6. The number of piperidine rings is 1. The SMILES string of the molecule is C[C@@H]1CN(CCC2(N)Cc3ccccc3C2)CC[C@]1(C)c1cccc(C(N)=O)c1. The molecule has 29 heavy (non-hydrogen) atoms. The first-order chi connectivity index (χ1) is 13.8. The van der Waals surface area contributed by atoms with Crippen LogP contribution in [0, 0.1) is 5.92 Å². The Morgan fingerprint density at radius 2 is 1.83 bits per heavy atom. The van der Waals surface area contributed by atoms with Gasteiger partial charge in [0.2, 0.25) is 5.91 Å². The Labute approximate surface area is 174 Å². The lowest BCUT2D eigenvalue weighted by Crippen LogP contribution is -2.50. The van der Waals surface area contributed by atoms with Crippen LogP contribution in [0.2, 0.25) is 0 Å². The Morgan fingerprint density at radius 1 is 1.14 bits per heavy atom. The van der Waals surface area contributed by atoms with E-state index in [4.69, 9.17) is 11.5 Å². The average Bonchev–Trinajstić information content (AvgIpc) is 3.05. The molecule has 0 spiro atoms. The van der Waals surface area contributed by atoms with Gasteiger partial charge in [0, 0.05) is 17.6 Å². The highest BCUT2D eigenvalue weighted by Gasteiger charge is 2.39. The van der Waals surface area contributed by atoms with Crippen molar-refractivity contribution in [2.24, 2.45) is 17.4 Å². The summed E-state index contributed by atoms with van der Waals surface area (Å²) in [7, 11) is 0. The summed E-state index contributed by atoms with van der Waals surface area (Å²) in [5.74, 6) is 0.139. The molecule has 4 heteroatoms. The van der Waals surface area contributed by atoms with Gasteiger partial charge in [0.1, 0.15) is 0 Å². The van der Waals surface area contributed by atoms with Crippen LogP contribution in [0.15, 0.2) is 48.5 Å². The molecule has 1 saturated heterocycles. The van der Waals surface area contributed by atoms with E-state index >= 15 is 0 Å². The van der Waals surface area contributed by atoms with Crippen LogP contribution in [-0.2, 0) is 18.3 Å². The highest BCUT2D eigenvalue weighted by Crippen LogP contribution is 2.40. The summed E-state index contributed by atoms with van der Waals surface area (Å²) in [4.78, 5) is 14.2. The van der Waals surface area contributed by atoms with Crippen LogP contribution in [-0.4, -0.2) is 36.0 Å². The number of rotatable bonds is 5. The van der Waals surface area contributed by atoms with Gasteiger partial charge in [0.15, 0.2) is 0 Å². The molecule has 0 radical (unpaired) electrons. The van der Waals surface area contributed by atoms with E-state index in [9.17, 15) is 4.79 Å². The Morgan fingerprint density at radius 3 is 2.45 bits per heavy atom. The first-order valence-corrected chi connectivity index (χ1v) is 10.8. The minimum atomic E-state index is -0.355. The summed E-state index contributed by atoms with van der Waals surface area (Å²) < 4.78 is 0. The van der Waals surface area contributed by atoms with E-state index in [-0.39, 0.29) is 16.9 Å². The maximum absolute atomic E-state index is 11.6. The van der Waals surface area contributed by atoms with E-state index in [1.165, 1.54) is 16.7 Å². The molecule has 1 aliphatic carbocycles. The van der Waals surface area contributed by atoms with Crippen molar-refractivity contribution < 1.29 is 4.79 Å². The third-order valence-corrected chi connectivity index (χ3v) is 7.50. The van der Waals surface area contributed by atoms with Crippen molar-refractivity contribution in [1.29, 1.82) is 0 Å². The molecule has 1 heterocycles. The molecule has 2 atom stereocenters. The molecule has 0 saturated carbocycles. The molecular weight excluding hydrogens is 358 g/mol. The number of nitrogens with zero attached hydrogens (tertiary/aromatic N) is 1. The van der Waals surface area contributed by atoms with Crippen molar-refractivity contribution in [3.63, 3.8) is 0 Å². The molecule has 1 aliphatic heterocycles. The second-order valence-corrected chi connectivity index (χ2v) is 9.55. The quantitative estimate of drug-likeness (QED) is 0.822. The van der Waals surface area contributed by atoms with Crippen LogP contribution in [0.25, 0.3) is 0 Å². The fraction of sp³-hybridized carbons (Fsp3) is 0.480. The molecule has 0 aromatic heterocycles. The van der Waals surface area contributed by atoms with E-state index in [0.717, 1.165) is 45.3 Å². The predicted octanol–water partition coefficient (Wildman–Crippen LogP) is 3.27. The van der Waals surface area contributed by atoms with Gasteiger partial charge in [-0.1, -0.05) is 50.2 Å².